The number of benzene rings is 1. The van der Waals surface area contributed by atoms with E-state index >= 15 is 0 Å². The molecule has 1 aliphatic heterocycles. The van der Waals surface area contributed by atoms with Crippen molar-refractivity contribution in [3.8, 4) is 6.07 Å². The number of hydrogen-bond acceptors (Lipinski definition) is 4. The Balaban J connectivity index is 1.90. The molecule has 4 nitrogen and oxygen atoms in total. The van der Waals surface area contributed by atoms with Gasteiger partial charge in [-0.3, -0.25) is 0 Å². The van der Waals surface area contributed by atoms with Crippen molar-refractivity contribution in [2.24, 2.45) is 0 Å². The summed E-state index contributed by atoms with van der Waals surface area (Å²) in [4.78, 5) is 4.43. The highest BCUT2D eigenvalue weighted by Gasteiger charge is 2.37. The summed E-state index contributed by atoms with van der Waals surface area (Å²) >= 11 is 0. The Morgan fingerprint density at radius 2 is 1.93 bits per heavy atom. The van der Waals surface area contributed by atoms with Crippen LogP contribution in [0.15, 0.2) is 30.3 Å². The fraction of sp³-hybridized carbons (Fsp3) is 0.429. The summed E-state index contributed by atoms with van der Waals surface area (Å²) in [7, 11) is 0. The summed E-state index contributed by atoms with van der Waals surface area (Å²) in [6.07, 6.45) is -3.14. The van der Waals surface area contributed by atoms with Crippen molar-refractivity contribution >= 4 is 5.82 Å². The molecule has 1 aliphatic rings. The highest BCUT2D eigenvalue weighted by Crippen LogP contribution is 2.38. The Hall–Kier alpha value is -2.59. The molecule has 1 aromatic heterocycles. The first-order chi connectivity index (χ1) is 13.2. The first-order valence-electron chi connectivity index (χ1n) is 9.13. The van der Waals surface area contributed by atoms with Gasteiger partial charge in [-0.2, -0.15) is 18.4 Å². The van der Waals surface area contributed by atoms with Crippen LogP contribution in [0.25, 0.3) is 0 Å². The van der Waals surface area contributed by atoms with E-state index in [1.165, 1.54) is 12.1 Å². The zero-order chi connectivity index (χ0) is 20.4. The number of ether oxygens (including phenoxy) is 1. The molecule has 1 aromatic carbocycles. The smallest absolute Gasteiger partial charge is 0.381 e. The summed E-state index contributed by atoms with van der Waals surface area (Å²) in [5.41, 5.74) is 1.53. The molecule has 0 unspecified atom stereocenters. The minimum absolute atomic E-state index is 0.440. The molecule has 0 bridgehead atoms. The van der Waals surface area contributed by atoms with E-state index in [4.69, 9.17) is 4.74 Å². The fourth-order valence-electron chi connectivity index (χ4n) is 3.71. The van der Waals surface area contributed by atoms with Crippen molar-refractivity contribution in [3.63, 3.8) is 0 Å². The van der Waals surface area contributed by atoms with Crippen LogP contribution in [-0.4, -0.2) is 24.7 Å². The molecule has 2 aromatic rings. The third-order valence-corrected chi connectivity index (χ3v) is 5.37. The number of nitrogens with zero attached hydrogens (tertiary/aromatic N) is 2. The highest BCUT2D eigenvalue weighted by atomic mass is 19.4. The Bertz CT molecular complexity index is 873. The van der Waals surface area contributed by atoms with Gasteiger partial charge in [0.05, 0.1) is 16.8 Å². The summed E-state index contributed by atoms with van der Waals surface area (Å²) in [5, 5.41) is 12.5. The minimum Gasteiger partial charge on any atom is -0.381 e. The topological polar surface area (TPSA) is 57.9 Å². The molecule has 1 saturated heterocycles. The van der Waals surface area contributed by atoms with Crippen LogP contribution in [0.2, 0.25) is 0 Å². The van der Waals surface area contributed by atoms with Crippen molar-refractivity contribution in [2.75, 3.05) is 25.1 Å². The Morgan fingerprint density at radius 1 is 1.21 bits per heavy atom. The lowest BCUT2D eigenvalue weighted by molar-refractivity contribution is -0.137. The molecule has 1 fully saturated rings. The van der Waals surface area contributed by atoms with Crippen LogP contribution in [0.4, 0.5) is 19.0 Å². The van der Waals surface area contributed by atoms with E-state index in [1.54, 1.807) is 19.1 Å². The molecule has 0 spiro atoms. The van der Waals surface area contributed by atoms with E-state index in [0.29, 0.717) is 55.2 Å². The molecular weight excluding hydrogens is 367 g/mol. The SMILES string of the molecule is Cc1cc(NCC2(c3cccc(C(F)(F)F)c3)CCOCC2)nc(C)c1C#N. The second-order valence-electron chi connectivity index (χ2n) is 7.22. The van der Waals surface area contributed by atoms with Gasteiger partial charge in [-0.25, -0.2) is 4.98 Å². The maximum absolute atomic E-state index is 13.2. The van der Waals surface area contributed by atoms with E-state index in [9.17, 15) is 18.4 Å². The fourth-order valence-corrected chi connectivity index (χ4v) is 3.71. The number of nitriles is 1. The maximum atomic E-state index is 13.2. The summed E-state index contributed by atoms with van der Waals surface area (Å²) in [6.45, 7) is 5.05. The first-order valence-corrected chi connectivity index (χ1v) is 9.13. The van der Waals surface area contributed by atoms with E-state index < -0.39 is 17.2 Å². The lowest BCUT2D eigenvalue weighted by atomic mass is 9.73. The predicted octanol–water partition coefficient (Wildman–Crippen LogP) is 4.75. The lowest BCUT2D eigenvalue weighted by Gasteiger charge is -2.38. The van der Waals surface area contributed by atoms with Gasteiger partial charge in [0, 0.05) is 25.2 Å². The van der Waals surface area contributed by atoms with Crippen LogP contribution in [0.5, 0.6) is 0 Å². The standard InChI is InChI=1S/C21H22F3N3O/c1-14-10-19(27-15(2)18(14)12-25)26-13-20(6-8-28-9-7-20)16-4-3-5-17(11-16)21(22,23)24/h3-5,10-11H,6-9,13H2,1-2H3,(H,26,27). The zero-order valence-electron chi connectivity index (χ0n) is 15.9. The molecule has 0 amide bonds. The van der Waals surface area contributed by atoms with Crippen molar-refractivity contribution < 1.29 is 17.9 Å². The van der Waals surface area contributed by atoms with Crippen LogP contribution in [0, 0.1) is 25.2 Å². The third-order valence-electron chi connectivity index (χ3n) is 5.37. The molecule has 3 rings (SSSR count). The number of alkyl halides is 3. The number of anilines is 1. The zero-order valence-corrected chi connectivity index (χ0v) is 15.9. The summed E-state index contributed by atoms with van der Waals surface area (Å²) in [6, 6.07) is 9.49. The average Bonchev–Trinajstić information content (AvgIpc) is 2.66. The molecule has 148 valence electrons. The molecule has 2 heterocycles. The molecule has 0 radical (unpaired) electrons. The average molecular weight is 389 g/mol. The number of aryl methyl sites for hydroxylation is 2. The van der Waals surface area contributed by atoms with Crippen LogP contribution < -0.4 is 5.32 Å². The van der Waals surface area contributed by atoms with Crippen molar-refractivity contribution in [1.82, 2.24) is 4.98 Å². The van der Waals surface area contributed by atoms with Crippen LogP contribution in [-0.2, 0) is 16.3 Å². The van der Waals surface area contributed by atoms with Crippen LogP contribution in [0.1, 0.15) is 40.8 Å². The molecule has 1 N–H and O–H groups in total. The van der Waals surface area contributed by atoms with Crippen LogP contribution >= 0.6 is 0 Å². The lowest BCUT2D eigenvalue weighted by Crippen LogP contribution is -2.40. The van der Waals surface area contributed by atoms with Gasteiger partial charge < -0.3 is 10.1 Å². The number of hydrogen-bond donors (Lipinski definition) is 1. The number of halogens is 3. The number of aromatic nitrogens is 1. The predicted molar refractivity (Wildman–Crippen MR) is 100 cm³/mol. The van der Waals surface area contributed by atoms with E-state index in [2.05, 4.69) is 16.4 Å². The van der Waals surface area contributed by atoms with Gasteiger partial charge in [-0.1, -0.05) is 18.2 Å². The Morgan fingerprint density at radius 3 is 2.54 bits per heavy atom. The molecule has 28 heavy (non-hydrogen) atoms. The third kappa shape index (κ3) is 4.12. The largest absolute Gasteiger partial charge is 0.416 e. The Labute approximate surface area is 162 Å². The number of rotatable bonds is 4. The van der Waals surface area contributed by atoms with Gasteiger partial charge in [-0.15, -0.1) is 0 Å². The normalized spacial score (nSPS) is 16.4. The first kappa shape index (κ1) is 20.2. The van der Waals surface area contributed by atoms with Gasteiger partial charge in [0.1, 0.15) is 11.9 Å². The van der Waals surface area contributed by atoms with Crippen molar-refractivity contribution in [3.05, 3.63) is 58.3 Å². The maximum Gasteiger partial charge on any atom is 0.416 e. The molecule has 0 saturated carbocycles. The Kier molecular flexibility index (Phi) is 5.61. The van der Waals surface area contributed by atoms with E-state index in [-0.39, 0.29) is 0 Å². The molecule has 7 heteroatoms. The molecule has 0 aliphatic carbocycles. The van der Waals surface area contributed by atoms with E-state index in [0.717, 1.165) is 11.6 Å². The van der Waals surface area contributed by atoms with Crippen molar-refractivity contribution in [2.45, 2.75) is 38.3 Å². The molecular formula is C21H22F3N3O. The second kappa shape index (κ2) is 7.80. The van der Waals surface area contributed by atoms with E-state index in [1.807, 2.05) is 6.92 Å². The summed E-state index contributed by atoms with van der Waals surface area (Å²) in [5.74, 6) is 0.617. The van der Waals surface area contributed by atoms with Gasteiger partial charge in [-0.05, 0) is 49.9 Å². The van der Waals surface area contributed by atoms with Gasteiger partial charge in [0.2, 0.25) is 0 Å². The monoisotopic (exact) mass is 389 g/mol. The van der Waals surface area contributed by atoms with Crippen molar-refractivity contribution in [1.29, 1.82) is 5.26 Å². The highest BCUT2D eigenvalue weighted by molar-refractivity contribution is 5.49. The van der Waals surface area contributed by atoms with Gasteiger partial charge in [0.15, 0.2) is 0 Å². The number of nitrogens with one attached hydrogen (secondary N) is 1. The quantitative estimate of drug-likeness (QED) is 0.820. The summed E-state index contributed by atoms with van der Waals surface area (Å²) < 4.78 is 45.0. The van der Waals surface area contributed by atoms with Gasteiger partial charge in [0.25, 0.3) is 0 Å². The van der Waals surface area contributed by atoms with Gasteiger partial charge >= 0.3 is 6.18 Å². The molecule has 0 atom stereocenters. The minimum atomic E-state index is -4.38. The second-order valence-corrected chi connectivity index (χ2v) is 7.22. The number of pyridine rings is 1. The van der Waals surface area contributed by atoms with Crippen LogP contribution in [0.3, 0.4) is 0 Å².